The van der Waals surface area contributed by atoms with Gasteiger partial charge in [0.25, 0.3) is 0 Å². The van der Waals surface area contributed by atoms with Crippen molar-refractivity contribution < 1.29 is 13.5 Å². The van der Waals surface area contributed by atoms with Crippen molar-refractivity contribution in [2.75, 3.05) is 6.54 Å². The summed E-state index contributed by atoms with van der Waals surface area (Å²) in [6.07, 6.45) is 0.443. The third-order valence-electron chi connectivity index (χ3n) is 2.73. The first-order chi connectivity index (χ1) is 9.09. The van der Waals surface area contributed by atoms with E-state index in [1.54, 1.807) is 54.6 Å². The Morgan fingerprint density at radius 2 is 1.58 bits per heavy atom. The number of hydrogen-bond donors (Lipinski definition) is 2. The van der Waals surface area contributed by atoms with E-state index in [0.717, 1.165) is 5.56 Å². The van der Waals surface area contributed by atoms with Gasteiger partial charge in [-0.05, 0) is 30.2 Å². The van der Waals surface area contributed by atoms with Crippen LogP contribution >= 0.6 is 0 Å². The van der Waals surface area contributed by atoms with Gasteiger partial charge >= 0.3 is 0 Å². The Hall–Kier alpha value is -1.85. The molecule has 0 spiro atoms. The van der Waals surface area contributed by atoms with Gasteiger partial charge in [-0.15, -0.1) is 0 Å². The summed E-state index contributed by atoms with van der Waals surface area (Å²) in [6, 6.07) is 15.1. The Morgan fingerprint density at radius 3 is 2.26 bits per heavy atom. The summed E-state index contributed by atoms with van der Waals surface area (Å²) in [6.45, 7) is 0.245. The molecule has 0 heterocycles. The van der Waals surface area contributed by atoms with Crippen molar-refractivity contribution in [3.8, 4) is 5.75 Å². The summed E-state index contributed by atoms with van der Waals surface area (Å²) in [7, 11) is -3.47. The third-order valence-corrected chi connectivity index (χ3v) is 4.21. The van der Waals surface area contributed by atoms with Crippen LogP contribution in [0.25, 0.3) is 0 Å². The number of nitrogens with one attached hydrogen (secondary N) is 1. The second kappa shape index (κ2) is 5.86. The van der Waals surface area contributed by atoms with Gasteiger partial charge in [0.05, 0.1) is 4.90 Å². The van der Waals surface area contributed by atoms with Crippen LogP contribution in [0.1, 0.15) is 5.56 Å². The maximum atomic E-state index is 11.9. The molecular weight excluding hydrogens is 262 g/mol. The quantitative estimate of drug-likeness (QED) is 0.877. The third kappa shape index (κ3) is 3.56. The maximum absolute atomic E-state index is 11.9. The fraction of sp³-hybridized carbons (Fsp3) is 0.143. The standard InChI is InChI=1S/C14H15NO3S/c16-14-9-5-4-6-12(14)10-11-15-19(17,18)13-7-2-1-3-8-13/h1-9,15-16H,10-11H2. The molecule has 0 aliphatic rings. The van der Waals surface area contributed by atoms with Gasteiger partial charge in [0, 0.05) is 6.54 Å². The Kier molecular flexibility index (Phi) is 4.19. The zero-order chi connectivity index (χ0) is 13.7. The minimum absolute atomic E-state index is 0.182. The fourth-order valence-corrected chi connectivity index (χ4v) is 2.78. The molecule has 2 aromatic carbocycles. The second-order valence-electron chi connectivity index (χ2n) is 4.09. The number of phenols is 1. The van der Waals surface area contributed by atoms with Gasteiger partial charge in [-0.1, -0.05) is 36.4 Å². The van der Waals surface area contributed by atoms with Crippen LogP contribution in [0.4, 0.5) is 0 Å². The lowest BCUT2D eigenvalue weighted by Crippen LogP contribution is -2.25. The Morgan fingerprint density at radius 1 is 0.947 bits per heavy atom. The van der Waals surface area contributed by atoms with Crippen LogP contribution in [0, 0.1) is 0 Å². The number of benzene rings is 2. The van der Waals surface area contributed by atoms with E-state index in [1.165, 1.54) is 0 Å². The SMILES string of the molecule is O=S(=O)(NCCc1ccccc1O)c1ccccc1. The van der Waals surface area contributed by atoms with Crippen molar-refractivity contribution >= 4 is 10.0 Å². The van der Waals surface area contributed by atoms with Crippen LogP contribution in [0.2, 0.25) is 0 Å². The van der Waals surface area contributed by atoms with Crippen LogP contribution in [0.5, 0.6) is 5.75 Å². The average molecular weight is 277 g/mol. The normalized spacial score (nSPS) is 11.4. The lowest BCUT2D eigenvalue weighted by Gasteiger charge is -2.07. The first-order valence-electron chi connectivity index (χ1n) is 5.91. The molecule has 0 aromatic heterocycles. The van der Waals surface area contributed by atoms with Crippen LogP contribution in [0.15, 0.2) is 59.5 Å². The van der Waals surface area contributed by atoms with E-state index in [4.69, 9.17) is 0 Å². The van der Waals surface area contributed by atoms with E-state index in [1.807, 2.05) is 0 Å². The molecule has 100 valence electrons. The Bertz CT molecular complexity index is 639. The zero-order valence-corrected chi connectivity index (χ0v) is 11.1. The number of phenolic OH excluding ortho intramolecular Hbond substituents is 1. The topological polar surface area (TPSA) is 66.4 Å². The monoisotopic (exact) mass is 277 g/mol. The van der Waals surface area contributed by atoms with Crippen molar-refractivity contribution in [2.45, 2.75) is 11.3 Å². The van der Waals surface area contributed by atoms with Gasteiger partial charge in [0.1, 0.15) is 5.75 Å². The summed E-state index contributed by atoms with van der Waals surface area (Å²) in [5, 5.41) is 9.58. The molecule has 0 saturated heterocycles. The highest BCUT2D eigenvalue weighted by Gasteiger charge is 2.12. The van der Waals surface area contributed by atoms with Crippen LogP contribution in [0.3, 0.4) is 0 Å². The molecule has 0 unspecified atom stereocenters. The van der Waals surface area contributed by atoms with Gasteiger partial charge < -0.3 is 5.11 Å². The molecule has 0 saturated carbocycles. The minimum atomic E-state index is -3.47. The molecule has 4 nitrogen and oxygen atoms in total. The zero-order valence-electron chi connectivity index (χ0n) is 10.3. The molecule has 0 atom stereocenters. The van der Waals surface area contributed by atoms with Crippen LogP contribution in [-0.2, 0) is 16.4 Å². The lowest BCUT2D eigenvalue weighted by atomic mass is 10.1. The predicted molar refractivity (Wildman–Crippen MR) is 73.4 cm³/mol. The van der Waals surface area contributed by atoms with E-state index >= 15 is 0 Å². The summed E-state index contributed by atoms with van der Waals surface area (Å²) in [4.78, 5) is 0.243. The van der Waals surface area contributed by atoms with Gasteiger partial charge in [-0.3, -0.25) is 0 Å². The molecule has 0 aliphatic carbocycles. The lowest BCUT2D eigenvalue weighted by molar-refractivity contribution is 0.467. The number of aromatic hydroxyl groups is 1. The van der Waals surface area contributed by atoms with Crippen LogP contribution < -0.4 is 4.72 Å². The molecule has 0 aliphatic heterocycles. The van der Waals surface area contributed by atoms with E-state index in [9.17, 15) is 13.5 Å². The molecule has 0 bridgehead atoms. The van der Waals surface area contributed by atoms with Crippen molar-refractivity contribution in [1.82, 2.24) is 4.72 Å². The maximum Gasteiger partial charge on any atom is 0.240 e. The predicted octanol–water partition coefficient (Wildman–Crippen LogP) is 1.91. The first-order valence-corrected chi connectivity index (χ1v) is 7.39. The summed E-state index contributed by atoms with van der Waals surface area (Å²) in [5.41, 5.74) is 0.721. The second-order valence-corrected chi connectivity index (χ2v) is 5.86. The molecule has 2 aromatic rings. The Balaban J connectivity index is 1.98. The molecule has 0 amide bonds. The molecule has 2 rings (SSSR count). The van der Waals surface area contributed by atoms with Crippen molar-refractivity contribution in [3.63, 3.8) is 0 Å². The minimum Gasteiger partial charge on any atom is -0.508 e. The van der Waals surface area contributed by atoms with E-state index in [2.05, 4.69) is 4.72 Å². The number of rotatable bonds is 5. The van der Waals surface area contributed by atoms with Crippen molar-refractivity contribution in [2.24, 2.45) is 0 Å². The van der Waals surface area contributed by atoms with Gasteiger partial charge in [-0.2, -0.15) is 0 Å². The average Bonchev–Trinajstić information content (AvgIpc) is 2.42. The molecule has 2 N–H and O–H groups in total. The smallest absolute Gasteiger partial charge is 0.240 e. The molecule has 19 heavy (non-hydrogen) atoms. The van der Waals surface area contributed by atoms with E-state index in [0.29, 0.717) is 6.42 Å². The number of sulfonamides is 1. The first kappa shape index (κ1) is 13.6. The molecule has 0 radical (unpaired) electrons. The van der Waals surface area contributed by atoms with Crippen molar-refractivity contribution in [1.29, 1.82) is 0 Å². The number of hydrogen-bond acceptors (Lipinski definition) is 3. The fourth-order valence-electron chi connectivity index (χ4n) is 1.73. The summed E-state index contributed by atoms with van der Waals surface area (Å²) < 4.78 is 26.4. The molecule has 5 heteroatoms. The largest absolute Gasteiger partial charge is 0.508 e. The van der Waals surface area contributed by atoms with Gasteiger partial charge in [0.15, 0.2) is 0 Å². The molecular formula is C14H15NO3S. The highest BCUT2D eigenvalue weighted by Crippen LogP contribution is 2.15. The molecule has 0 fully saturated rings. The Labute approximate surface area is 112 Å². The van der Waals surface area contributed by atoms with Gasteiger partial charge in [-0.25, -0.2) is 13.1 Å². The number of para-hydroxylation sites is 1. The van der Waals surface area contributed by atoms with Crippen molar-refractivity contribution in [3.05, 3.63) is 60.2 Å². The highest BCUT2D eigenvalue weighted by atomic mass is 32.2. The van der Waals surface area contributed by atoms with E-state index < -0.39 is 10.0 Å². The highest BCUT2D eigenvalue weighted by molar-refractivity contribution is 7.89. The van der Waals surface area contributed by atoms with Crippen LogP contribution in [-0.4, -0.2) is 20.1 Å². The van der Waals surface area contributed by atoms with E-state index in [-0.39, 0.29) is 17.2 Å². The summed E-state index contributed by atoms with van der Waals surface area (Å²) in [5.74, 6) is 0.182. The van der Waals surface area contributed by atoms with Gasteiger partial charge in [0.2, 0.25) is 10.0 Å². The summed E-state index contributed by atoms with van der Waals surface area (Å²) >= 11 is 0.